The van der Waals surface area contributed by atoms with Crippen molar-refractivity contribution in [3.05, 3.63) is 0 Å². The molecule has 0 N–H and O–H groups in total. The van der Waals surface area contributed by atoms with Crippen molar-refractivity contribution < 1.29 is 127 Å². The molecule has 0 rings (SSSR count). The van der Waals surface area contributed by atoms with Crippen LogP contribution >= 0.6 is 0 Å². The Kier molecular flexibility index (Phi) is 7.77. The molecule has 0 saturated carbocycles. The van der Waals surface area contributed by atoms with Crippen molar-refractivity contribution in [2.75, 3.05) is 0 Å². The van der Waals surface area contributed by atoms with E-state index in [0.717, 1.165) is 0 Å². The maximum Gasteiger partial charge on any atom is 1.00 e. The fourth-order valence-corrected chi connectivity index (χ4v) is 1.26. The summed E-state index contributed by atoms with van der Waals surface area (Å²) in [6.45, 7) is 0. The SMILES string of the molecule is O=C([O-])C(F)(F)C(F)(F)C(F)(F)C(F)(F)C(F)(C(F)(F)F)C(F)(F)F.[K+]. The Bertz CT molecular complexity index is 519. The first-order chi connectivity index (χ1) is 10.4. The van der Waals surface area contributed by atoms with Crippen LogP contribution in [0, 0.1) is 0 Å². The molecule has 0 aromatic carbocycles. The van der Waals surface area contributed by atoms with Gasteiger partial charge in [0.05, 0.1) is 0 Å². The molecular formula is C8F15KO2. The molecule has 26 heavy (non-hydrogen) atoms. The molecule has 18 heteroatoms. The van der Waals surface area contributed by atoms with E-state index in [1.54, 1.807) is 0 Å². The van der Waals surface area contributed by atoms with Crippen LogP contribution in [0.25, 0.3) is 0 Å². The predicted octanol–water partition coefficient (Wildman–Crippen LogP) is 0.114. The number of alkyl halides is 15. The largest absolute Gasteiger partial charge is 1.00 e. The maximum atomic E-state index is 13.0. The van der Waals surface area contributed by atoms with Crippen molar-refractivity contribution in [3.63, 3.8) is 0 Å². The number of hydrogen-bond donors (Lipinski definition) is 0. The minimum absolute atomic E-state index is 0. The number of hydrogen-bond acceptors (Lipinski definition) is 2. The Morgan fingerprint density at radius 1 is 0.538 bits per heavy atom. The van der Waals surface area contributed by atoms with Crippen molar-refractivity contribution in [1.29, 1.82) is 0 Å². The summed E-state index contributed by atoms with van der Waals surface area (Å²) in [4.78, 5) is 9.63. The standard InChI is InChI=1S/C8HF15O2.K/c9-2(10,1(24)25)4(12,13)6(16,17)5(14,15)3(11,7(18,19)20)8(21,22)23;/h(H,24,25);/q;+1/p-1. The Morgan fingerprint density at radius 3 is 1.00 bits per heavy atom. The third-order valence-electron chi connectivity index (χ3n) is 2.65. The van der Waals surface area contributed by atoms with E-state index in [4.69, 9.17) is 0 Å². The number of carboxylic acid groups (broad SMARTS) is 1. The van der Waals surface area contributed by atoms with E-state index in [9.17, 15) is 75.8 Å². The minimum Gasteiger partial charge on any atom is -0.544 e. The first-order valence-corrected chi connectivity index (χ1v) is 4.99. The molecule has 0 aliphatic carbocycles. The Hall–Kier alpha value is 0.0564. The van der Waals surface area contributed by atoms with Crippen molar-refractivity contribution in [2.45, 2.75) is 41.7 Å². The van der Waals surface area contributed by atoms with Crippen LogP contribution in [0.3, 0.4) is 0 Å². The van der Waals surface area contributed by atoms with Gasteiger partial charge in [-0.25, -0.2) is 4.39 Å². The van der Waals surface area contributed by atoms with Gasteiger partial charge in [-0.3, -0.25) is 0 Å². The first kappa shape index (κ1) is 28.3. The van der Waals surface area contributed by atoms with Gasteiger partial charge in [0.25, 0.3) is 0 Å². The summed E-state index contributed by atoms with van der Waals surface area (Å²) in [5, 5.41) is 9.63. The Balaban J connectivity index is 0. The van der Waals surface area contributed by atoms with Crippen molar-refractivity contribution >= 4 is 5.97 Å². The van der Waals surface area contributed by atoms with E-state index in [0.29, 0.717) is 0 Å². The molecule has 0 heterocycles. The molecule has 0 spiro atoms. The van der Waals surface area contributed by atoms with Crippen LogP contribution in [0.2, 0.25) is 0 Å². The number of rotatable bonds is 5. The zero-order chi connectivity index (χ0) is 21.1. The van der Waals surface area contributed by atoms with Gasteiger partial charge in [-0.15, -0.1) is 0 Å². The van der Waals surface area contributed by atoms with Gasteiger partial charge in [0, 0.05) is 0 Å². The van der Waals surface area contributed by atoms with Crippen molar-refractivity contribution in [2.24, 2.45) is 0 Å². The molecule has 2 nitrogen and oxygen atoms in total. The minimum atomic E-state index is -8.63. The monoisotopic (exact) mass is 452 g/mol. The van der Waals surface area contributed by atoms with Crippen LogP contribution in [-0.2, 0) is 4.79 Å². The van der Waals surface area contributed by atoms with E-state index in [-0.39, 0.29) is 51.4 Å². The predicted molar refractivity (Wildman–Crippen MR) is 40.7 cm³/mol. The Morgan fingerprint density at radius 2 is 0.808 bits per heavy atom. The van der Waals surface area contributed by atoms with Crippen molar-refractivity contribution in [3.8, 4) is 0 Å². The second kappa shape index (κ2) is 7.14. The van der Waals surface area contributed by atoms with E-state index in [1.807, 2.05) is 0 Å². The molecule has 0 aromatic heterocycles. The summed E-state index contributed by atoms with van der Waals surface area (Å²) in [5.41, 5.74) is -8.44. The van der Waals surface area contributed by atoms with E-state index in [1.165, 1.54) is 0 Å². The summed E-state index contributed by atoms with van der Waals surface area (Å²) in [6, 6.07) is 0. The molecular weight excluding hydrogens is 452 g/mol. The van der Waals surface area contributed by atoms with Gasteiger partial charge < -0.3 is 9.90 Å². The number of halogens is 15. The van der Waals surface area contributed by atoms with Gasteiger partial charge in [0.15, 0.2) is 0 Å². The average molecular weight is 452 g/mol. The van der Waals surface area contributed by atoms with E-state index in [2.05, 4.69) is 0 Å². The fourth-order valence-electron chi connectivity index (χ4n) is 1.26. The second-order valence-electron chi connectivity index (χ2n) is 4.24. The topological polar surface area (TPSA) is 40.1 Å². The van der Waals surface area contributed by atoms with Gasteiger partial charge in [-0.05, 0) is 0 Å². The summed E-state index contributed by atoms with van der Waals surface area (Å²) >= 11 is 0. The molecule has 0 aliphatic rings. The van der Waals surface area contributed by atoms with Gasteiger partial charge >= 0.3 is 93.1 Å². The maximum absolute atomic E-state index is 13.0. The van der Waals surface area contributed by atoms with Crippen LogP contribution in [0.5, 0.6) is 0 Å². The summed E-state index contributed by atoms with van der Waals surface area (Å²) in [6.07, 6.45) is -16.1. The molecule has 0 aliphatic heterocycles. The number of carbonyl (C=O) groups is 1. The molecule has 150 valence electrons. The van der Waals surface area contributed by atoms with E-state index < -0.39 is 47.7 Å². The van der Waals surface area contributed by atoms with Crippen LogP contribution in [0.4, 0.5) is 65.9 Å². The smallest absolute Gasteiger partial charge is 0.544 e. The quantitative estimate of drug-likeness (QED) is 0.440. The Labute approximate surface area is 174 Å². The summed E-state index contributed by atoms with van der Waals surface area (Å²) < 4.78 is 187. The number of aliphatic carboxylic acids is 1. The molecule has 0 fully saturated rings. The fraction of sp³-hybridized carbons (Fsp3) is 0.875. The van der Waals surface area contributed by atoms with Crippen molar-refractivity contribution in [1.82, 2.24) is 0 Å². The molecule has 0 atom stereocenters. The number of carboxylic acids is 1. The van der Waals surface area contributed by atoms with Gasteiger partial charge in [-0.2, -0.15) is 61.5 Å². The zero-order valence-electron chi connectivity index (χ0n) is 11.5. The van der Waals surface area contributed by atoms with E-state index >= 15 is 0 Å². The second-order valence-corrected chi connectivity index (χ2v) is 4.24. The average Bonchev–Trinajstić information content (AvgIpc) is 2.33. The zero-order valence-corrected chi connectivity index (χ0v) is 14.6. The number of carbonyl (C=O) groups excluding carboxylic acids is 1. The normalized spacial score (nSPS) is 15.5. The third-order valence-corrected chi connectivity index (χ3v) is 2.65. The van der Waals surface area contributed by atoms with Crippen LogP contribution in [0.15, 0.2) is 0 Å². The van der Waals surface area contributed by atoms with Gasteiger partial charge in [0.2, 0.25) is 0 Å². The molecule has 0 bridgehead atoms. The van der Waals surface area contributed by atoms with Gasteiger partial charge in [0.1, 0.15) is 5.97 Å². The first-order valence-electron chi connectivity index (χ1n) is 4.99. The van der Waals surface area contributed by atoms with Gasteiger partial charge in [-0.1, -0.05) is 0 Å². The molecule has 0 amide bonds. The molecule has 0 unspecified atom stereocenters. The summed E-state index contributed by atoms with van der Waals surface area (Å²) in [5.74, 6) is -37.2. The molecule has 0 radical (unpaired) electrons. The molecule has 0 aromatic rings. The molecule has 0 saturated heterocycles. The summed E-state index contributed by atoms with van der Waals surface area (Å²) in [7, 11) is 0. The van der Waals surface area contributed by atoms with Crippen LogP contribution in [0.1, 0.15) is 0 Å². The van der Waals surface area contributed by atoms with Crippen LogP contribution in [-0.4, -0.2) is 47.7 Å². The third kappa shape index (κ3) is 3.55. The van der Waals surface area contributed by atoms with Crippen LogP contribution < -0.4 is 56.5 Å².